The van der Waals surface area contributed by atoms with Crippen LogP contribution in [0.2, 0.25) is 0 Å². The van der Waals surface area contributed by atoms with Gasteiger partial charge in [-0.3, -0.25) is 0 Å². The average Bonchev–Trinajstić information content (AvgIpc) is 2.22. The Morgan fingerprint density at radius 2 is 1.80 bits per heavy atom. The molecule has 0 bridgehead atoms. The summed E-state index contributed by atoms with van der Waals surface area (Å²) in [7, 11) is 0. The van der Waals surface area contributed by atoms with Crippen LogP contribution >= 0.6 is 0 Å². The highest BCUT2D eigenvalue weighted by molar-refractivity contribution is 5.81. The smallest absolute Gasteiger partial charge is 0.330 e. The first-order chi connectivity index (χ1) is 7.22. The number of carbonyl (C=O) groups is 1. The van der Waals surface area contributed by atoms with Gasteiger partial charge < -0.3 is 4.74 Å². The fourth-order valence-corrected chi connectivity index (χ4v) is 2.33. The van der Waals surface area contributed by atoms with Crippen LogP contribution in [-0.4, -0.2) is 11.6 Å². The molecule has 1 aliphatic carbocycles. The lowest BCUT2D eigenvalue weighted by Crippen LogP contribution is -2.34. The van der Waals surface area contributed by atoms with Gasteiger partial charge in [0.2, 0.25) is 0 Å². The molecule has 15 heavy (non-hydrogen) atoms. The zero-order valence-electron chi connectivity index (χ0n) is 9.76. The molecule has 1 saturated carbocycles. The summed E-state index contributed by atoms with van der Waals surface area (Å²) < 4.78 is 5.56. The van der Waals surface area contributed by atoms with E-state index in [1.54, 1.807) is 0 Å². The fourth-order valence-electron chi connectivity index (χ4n) is 2.33. The highest BCUT2D eigenvalue weighted by Crippen LogP contribution is 2.32. The van der Waals surface area contributed by atoms with Crippen LogP contribution in [0.1, 0.15) is 58.3 Å². The lowest BCUT2D eigenvalue weighted by molar-refractivity contribution is -0.156. The van der Waals surface area contributed by atoms with Gasteiger partial charge in [0.1, 0.15) is 5.60 Å². The van der Waals surface area contributed by atoms with Crippen molar-refractivity contribution in [1.29, 1.82) is 0 Å². The van der Waals surface area contributed by atoms with Crippen molar-refractivity contribution >= 4 is 5.97 Å². The molecule has 0 heterocycles. The Labute approximate surface area is 92.7 Å². The Morgan fingerprint density at radius 1 is 1.27 bits per heavy atom. The zero-order chi connectivity index (χ0) is 11.1. The van der Waals surface area contributed by atoms with Crippen LogP contribution in [0.4, 0.5) is 0 Å². The summed E-state index contributed by atoms with van der Waals surface area (Å²) in [5, 5.41) is 0. The predicted octanol–water partition coefficient (Wildman–Crippen LogP) is 3.61. The molecule has 0 unspecified atom stereocenters. The monoisotopic (exact) mass is 210 g/mol. The molecule has 0 amide bonds. The first kappa shape index (κ1) is 12.3. The largest absolute Gasteiger partial charge is 0.456 e. The van der Waals surface area contributed by atoms with E-state index >= 15 is 0 Å². The van der Waals surface area contributed by atoms with Gasteiger partial charge in [-0.15, -0.1) is 0 Å². The van der Waals surface area contributed by atoms with Gasteiger partial charge in [0.15, 0.2) is 0 Å². The molecule has 0 aromatic heterocycles. The minimum absolute atomic E-state index is 0.203. The molecule has 86 valence electrons. The average molecular weight is 210 g/mol. The van der Waals surface area contributed by atoms with Crippen LogP contribution < -0.4 is 0 Å². The van der Waals surface area contributed by atoms with E-state index in [4.69, 9.17) is 4.74 Å². The van der Waals surface area contributed by atoms with E-state index in [0.29, 0.717) is 0 Å². The van der Waals surface area contributed by atoms with Crippen molar-refractivity contribution in [2.75, 3.05) is 0 Å². The molecule has 1 fully saturated rings. The summed E-state index contributed by atoms with van der Waals surface area (Å²) in [5.74, 6) is -0.266. The van der Waals surface area contributed by atoms with E-state index in [-0.39, 0.29) is 11.6 Å². The van der Waals surface area contributed by atoms with Crippen molar-refractivity contribution in [3.8, 4) is 0 Å². The van der Waals surface area contributed by atoms with Gasteiger partial charge in [0.05, 0.1) is 0 Å². The number of hydrogen-bond acceptors (Lipinski definition) is 2. The Bertz CT molecular complexity index is 213. The zero-order valence-corrected chi connectivity index (χ0v) is 9.76. The van der Waals surface area contributed by atoms with Crippen molar-refractivity contribution in [2.24, 2.45) is 0 Å². The molecule has 0 atom stereocenters. The van der Waals surface area contributed by atoms with Crippen molar-refractivity contribution < 1.29 is 9.53 Å². The molecule has 0 aromatic carbocycles. The molecule has 2 heteroatoms. The van der Waals surface area contributed by atoms with Crippen LogP contribution in [0.15, 0.2) is 12.7 Å². The van der Waals surface area contributed by atoms with E-state index < -0.39 is 0 Å². The van der Waals surface area contributed by atoms with Gasteiger partial charge >= 0.3 is 5.97 Å². The van der Waals surface area contributed by atoms with E-state index in [1.165, 1.54) is 38.2 Å². The topological polar surface area (TPSA) is 26.3 Å². The highest BCUT2D eigenvalue weighted by atomic mass is 16.6. The molecule has 1 rings (SSSR count). The summed E-state index contributed by atoms with van der Waals surface area (Å²) in [6.07, 6.45) is 10.5. The van der Waals surface area contributed by atoms with Crippen LogP contribution in [-0.2, 0) is 9.53 Å². The van der Waals surface area contributed by atoms with Gasteiger partial charge in [-0.05, 0) is 32.1 Å². The van der Waals surface area contributed by atoms with Crippen LogP contribution in [0.3, 0.4) is 0 Å². The number of ether oxygens (including phenoxy) is 1. The Balaban J connectivity index is 2.61. The molecular weight excluding hydrogens is 188 g/mol. The van der Waals surface area contributed by atoms with Crippen molar-refractivity contribution in [3.05, 3.63) is 12.7 Å². The summed E-state index contributed by atoms with van der Waals surface area (Å²) >= 11 is 0. The maximum atomic E-state index is 11.3. The Hall–Kier alpha value is -0.790. The van der Waals surface area contributed by atoms with Crippen molar-refractivity contribution in [1.82, 2.24) is 0 Å². The second-order valence-electron chi connectivity index (χ2n) is 4.43. The lowest BCUT2D eigenvalue weighted by Gasteiger charge is -2.33. The second kappa shape index (κ2) is 5.94. The number of carbonyl (C=O) groups excluding carboxylic acids is 1. The second-order valence-corrected chi connectivity index (χ2v) is 4.43. The molecule has 0 saturated heterocycles. The first-order valence-corrected chi connectivity index (χ1v) is 6.08. The third-order valence-electron chi connectivity index (χ3n) is 3.39. The first-order valence-electron chi connectivity index (χ1n) is 6.08. The van der Waals surface area contributed by atoms with E-state index in [0.717, 1.165) is 19.3 Å². The van der Waals surface area contributed by atoms with E-state index in [9.17, 15) is 4.79 Å². The number of hydrogen-bond donors (Lipinski definition) is 0. The molecule has 1 aliphatic rings. The van der Waals surface area contributed by atoms with Crippen molar-refractivity contribution in [2.45, 2.75) is 63.9 Å². The van der Waals surface area contributed by atoms with E-state index in [1.807, 2.05) is 0 Å². The SMILES string of the molecule is C=CC(=O)OC1(CC)CCCCCCC1. The summed E-state index contributed by atoms with van der Waals surface area (Å²) in [6.45, 7) is 5.57. The normalized spacial score (nSPS) is 21.1. The van der Waals surface area contributed by atoms with Crippen LogP contribution in [0, 0.1) is 0 Å². The molecule has 0 N–H and O–H groups in total. The number of rotatable bonds is 3. The van der Waals surface area contributed by atoms with Gasteiger partial charge in [-0.25, -0.2) is 4.79 Å². The summed E-state index contributed by atoms with van der Waals surface area (Å²) in [5.41, 5.74) is -0.203. The van der Waals surface area contributed by atoms with Crippen LogP contribution in [0.25, 0.3) is 0 Å². The molecule has 0 spiro atoms. The highest BCUT2D eigenvalue weighted by Gasteiger charge is 2.31. The minimum Gasteiger partial charge on any atom is -0.456 e. The maximum Gasteiger partial charge on any atom is 0.330 e. The van der Waals surface area contributed by atoms with Gasteiger partial charge in [-0.1, -0.05) is 32.8 Å². The van der Waals surface area contributed by atoms with Gasteiger partial charge in [0.25, 0.3) is 0 Å². The molecule has 0 aromatic rings. The Morgan fingerprint density at radius 3 is 2.27 bits per heavy atom. The third-order valence-corrected chi connectivity index (χ3v) is 3.39. The molecule has 0 aliphatic heterocycles. The quantitative estimate of drug-likeness (QED) is 0.525. The minimum atomic E-state index is -0.266. The molecule has 2 nitrogen and oxygen atoms in total. The molecule has 0 radical (unpaired) electrons. The molecular formula is C13H22O2. The third kappa shape index (κ3) is 3.69. The fraction of sp³-hybridized carbons (Fsp3) is 0.769. The van der Waals surface area contributed by atoms with Gasteiger partial charge in [0, 0.05) is 6.08 Å². The van der Waals surface area contributed by atoms with Crippen LogP contribution in [0.5, 0.6) is 0 Å². The maximum absolute atomic E-state index is 11.3. The van der Waals surface area contributed by atoms with Crippen molar-refractivity contribution in [3.63, 3.8) is 0 Å². The lowest BCUT2D eigenvalue weighted by atomic mass is 9.85. The standard InChI is InChI=1S/C13H22O2/c1-3-12(14)15-13(4-2)10-8-6-5-7-9-11-13/h3H,1,4-11H2,2H3. The summed E-state index contributed by atoms with van der Waals surface area (Å²) in [4.78, 5) is 11.3. The predicted molar refractivity (Wildman–Crippen MR) is 61.6 cm³/mol. The Kier molecular flexibility index (Phi) is 4.86. The van der Waals surface area contributed by atoms with Gasteiger partial charge in [-0.2, -0.15) is 0 Å². The van der Waals surface area contributed by atoms with E-state index in [2.05, 4.69) is 13.5 Å². The summed E-state index contributed by atoms with van der Waals surface area (Å²) in [6, 6.07) is 0. The number of esters is 1.